The Hall–Kier alpha value is -2.42. The van der Waals surface area contributed by atoms with Gasteiger partial charge in [0.1, 0.15) is 0 Å². The number of nitrogens with zero attached hydrogens (tertiary/aromatic N) is 1. The number of anilines is 1. The van der Waals surface area contributed by atoms with Crippen molar-refractivity contribution >= 4 is 22.9 Å². The Bertz CT molecular complexity index is 745. The van der Waals surface area contributed by atoms with E-state index in [-0.39, 0.29) is 11.3 Å². The molecule has 2 aromatic carbocycles. The van der Waals surface area contributed by atoms with Gasteiger partial charge in [0.15, 0.2) is 5.78 Å². The summed E-state index contributed by atoms with van der Waals surface area (Å²) < 4.78 is 0. The Kier molecular flexibility index (Phi) is 3.57. The van der Waals surface area contributed by atoms with Crippen LogP contribution in [0.5, 0.6) is 0 Å². The Morgan fingerprint density at radius 1 is 1.09 bits per heavy atom. The van der Waals surface area contributed by atoms with Gasteiger partial charge in [0.25, 0.3) is 0 Å². The van der Waals surface area contributed by atoms with Crippen LogP contribution in [-0.2, 0) is 0 Å². The van der Waals surface area contributed by atoms with Crippen LogP contribution < -0.4 is 5.32 Å². The Balaban J connectivity index is 2.01. The fraction of sp³-hybridized carbons (Fsp3) is 0.263. The molecule has 3 heteroatoms. The van der Waals surface area contributed by atoms with Gasteiger partial charge in [0.2, 0.25) is 0 Å². The van der Waals surface area contributed by atoms with Crippen LogP contribution in [0, 0.1) is 0 Å². The molecule has 1 aliphatic heterocycles. The number of benzene rings is 2. The lowest BCUT2D eigenvalue weighted by Gasteiger charge is -2.26. The van der Waals surface area contributed by atoms with Gasteiger partial charge in [-0.25, -0.2) is 0 Å². The summed E-state index contributed by atoms with van der Waals surface area (Å²) in [6.07, 6.45) is 0.879. The van der Waals surface area contributed by atoms with Gasteiger partial charge in [-0.2, -0.15) is 0 Å². The summed E-state index contributed by atoms with van der Waals surface area (Å²) in [5.41, 5.74) is 4.22. The zero-order chi connectivity index (χ0) is 15.7. The van der Waals surface area contributed by atoms with Crippen LogP contribution >= 0.6 is 0 Å². The summed E-state index contributed by atoms with van der Waals surface area (Å²) in [5, 5.41) is 3.51. The number of hydrogen-bond donors (Lipinski definition) is 1. The highest BCUT2D eigenvalue weighted by molar-refractivity contribution is 6.10. The fourth-order valence-corrected chi connectivity index (χ4v) is 2.92. The van der Waals surface area contributed by atoms with Gasteiger partial charge in [-0.15, -0.1) is 0 Å². The maximum absolute atomic E-state index is 12.6. The molecular weight excluding hydrogens is 272 g/mol. The standard InChI is InChI=1S/C19H20N2O/c1-13-12-19(2,3)21-17-11-15(9-10-16(17)20-13)18(22)14-7-5-4-6-8-14/h4-11,21H,12H2,1-3H3. The van der Waals surface area contributed by atoms with Crippen LogP contribution in [-0.4, -0.2) is 17.0 Å². The molecule has 0 spiro atoms. The number of carbonyl (C=O) groups excluding carboxylic acids is 1. The second-order valence-electron chi connectivity index (χ2n) is 6.46. The van der Waals surface area contributed by atoms with E-state index in [9.17, 15) is 4.79 Å². The molecule has 1 aliphatic rings. The second kappa shape index (κ2) is 5.41. The number of carbonyl (C=O) groups is 1. The van der Waals surface area contributed by atoms with Crippen LogP contribution in [0.15, 0.2) is 53.5 Å². The number of ketones is 1. The van der Waals surface area contributed by atoms with Gasteiger partial charge in [0.05, 0.1) is 11.4 Å². The summed E-state index contributed by atoms with van der Waals surface area (Å²) in [6, 6.07) is 15.0. The van der Waals surface area contributed by atoms with Crippen LogP contribution in [0.25, 0.3) is 0 Å². The number of nitrogens with one attached hydrogen (secondary N) is 1. The SMILES string of the molecule is CC1=Nc2ccc(C(=O)c3ccccc3)cc2NC(C)(C)C1. The van der Waals surface area contributed by atoms with E-state index in [2.05, 4.69) is 24.2 Å². The highest BCUT2D eigenvalue weighted by Crippen LogP contribution is 2.34. The molecule has 0 aliphatic carbocycles. The molecule has 2 aromatic rings. The van der Waals surface area contributed by atoms with E-state index in [1.54, 1.807) is 0 Å². The van der Waals surface area contributed by atoms with Gasteiger partial charge in [-0.1, -0.05) is 30.3 Å². The van der Waals surface area contributed by atoms with Crippen molar-refractivity contribution in [3.63, 3.8) is 0 Å². The van der Waals surface area contributed by atoms with Crippen LogP contribution in [0.3, 0.4) is 0 Å². The van der Waals surface area contributed by atoms with Crippen molar-refractivity contribution in [1.82, 2.24) is 0 Å². The van der Waals surface area contributed by atoms with Gasteiger partial charge in [0, 0.05) is 28.8 Å². The third kappa shape index (κ3) is 2.93. The molecule has 0 amide bonds. The third-order valence-electron chi connectivity index (χ3n) is 3.78. The molecule has 1 N–H and O–H groups in total. The maximum atomic E-state index is 12.6. The average molecular weight is 292 g/mol. The van der Waals surface area contributed by atoms with Crippen LogP contribution in [0.1, 0.15) is 43.1 Å². The number of fused-ring (bicyclic) bond motifs is 1. The minimum absolute atomic E-state index is 0.0351. The highest BCUT2D eigenvalue weighted by atomic mass is 16.1. The molecular formula is C19H20N2O. The predicted molar refractivity (Wildman–Crippen MR) is 91.4 cm³/mol. The lowest BCUT2D eigenvalue weighted by Crippen LogP contribution is -2.32. The van der Waals surface area contributed by atoms with Crippen molar-refractivity contribution in [3.8, 4) is 0 Å². The van der Waals surface area contributed by atoms with E-state index in [1.165, 1.54) is 0 Å². The van der Waals surface area contributed by atoms with Gasteiger partial charge < -0.3 is 5.32 Å². The first-order valence-corrected chi connectivity index (χ1v) is 7.51. The third-order valence-corrected chi connectivity index (χ3v) is 3.78. The molecule has 0 atom stereocenters. The molecule has 3 nitrogen and oxygen atoms in total. The van der Waals surface area contributed by atoms with E-state index in [1.807, 2.05) is 55.5 Å². The molecule has 0 radical (unpaired) electrons. The van der Waals surface area contributed by atoms with Crippen molar-refractivity contribution in [1.29, 1.82) is 0 Å². The number of aliphatic imine (C=N–C) groups is 1. The number of hydrogen-bond acceptors (Lipinski definition) is 3. The summed E-state index contributed by atoms with van der Waals surface area (Å²) in [4.78, 5) is 17.2. The molecule has 112 valence electrons. The van der Waals surface area contributed by atoms with Crippen molar-refractivity contribution in [3.05, 3.63) is 59.7 Å². The minimum Gasteiger partial charge on any atom is -0.378 e. The molecule has 0 fully saturated rings. The molecule has 22 heavy (non-hydrogen) atoms. The molecule has 0 saturated carbocycles. The first-order valence-electron chi connectivity index (χ1n) is 7.51. The lowest BCUT2D eigenvalue weighted by atomic mass is 9.97. The van der Waals surface area contributed by atoms with E-state index < -0.39 is 0 Å². The Labute approximate surface area is 131 Å². The van der Waals surface area contributed by atoms with Crippen molar-refractivity contribution < 1.29 is 4.79 Å². The normalized spacial score (nSPS) is 16.0. The smallest absolute Gasteiger partial charge is 0.193 e. The highest BCUT2D eigenvalue weighted by Gasteiger charge is 2.24. The predicted octanol–water partition coefficient (Wildman–Crippen LogP) is 4.60. The minimum atomic E-state index is -0.0761. The summed E-state index contributed by atoms with van der Waals surface area (Å²) in [7, 11) is 0. The summed E-state index contributed by atoms with van der Waals surface area (Å²) in [5.74, 6) is 0.0351. The molecule has 3 rings (SSSR count). The molecule has 0 aromatic heterocycles. The molecule has 1 heterocycles. The maximum Gasteiger partial charge on any atom is 0.193 e. The van der Waals surface area contributed by atoms with Gasteiger partial charge in [-0.3, -0.25) is 9.79 Å². The van der Waals surface area contributed by atoms with E-state index in [0.29, 0.717) is 11.1 Å². The summed E-state index contributed by atoms with van der Waals surface area (Å²) >= 11 is 0. The first-order chi connectivity index (χ1) is 10.4. The number of rotatable bonds is 2. The van der Waals surface area contributed by atoms with Crippen molar-refractivity contribution in [2.75, 3.05) is 5.32 Å². The lowest BCUT2D eigenvalue weighted by molar-refractivity contribution is 0.103. The zero-order valence-electron chi connectivity index (χ0n) is 13.2. The van der Waals surface area contributed by atoms with Crippen molar-refractivity contribution in [2.45, 2.75) is 32.7 Å². The van der Waals surface area contributed by atoms with Crippen molar-refractivity contribution in [2.24, 2.45) is 4.99 Å². The topological polar surface area (TPSA) is 41.5 Å². The second-order valence-corrected chi connectivity index (χ2v) is 6.46. The van der Waals surface area contributed by atoms with E-state index in [0.717, 1.165) is 23.5 Å². The van der Waals surface area contributed by atoms with Crippen LogP contribution in [0.4, 0.5) is 11.4 Å². The monoisotopic (exact) mass is 292 g/mol. The molecule has 0 bridgehead atoms. The van der Waals surface area contributed by atoms with E-state index in [4.69, 9.17) is 0 Å². The molecule has 0 saturated heterocycles. The summed E-state index contributed by atoms with van der Waals surface area (Å²) in [6.45, 7) is 6.33. The largest absolute Gasteiger partial charge is 0.378 e. The Morgan fingerprint density at radius 2 is 1.82 bits per heavy atom. The van der Waals surface area contributed by atoms with E-state index >= 15 is 0 Å². The van der Waals surface area contributed by atoms with Crippen LogP contribution in [0.2, 0.25) is 0 Å². The quantitative estimate of drug-likeness (QED) is 0.822. The van der Waals surface area contributed by atoms with Gasteiger partial charge in [-0.05, 0) is 39.0 Å². The average Bonchev–Trinajstić information content (AvgIpc) is 2.59. The molecule has 0 unspecified atom stereocenters. The van der Waals surface area contributed by atoms with Gasteiger partial charge >= 0.3 is 0 Å². The fourth-order valence-electron chi connectivity index (χ4n) is 2.92. The Morgan fingerprint density at radius 3 is 2.55 bits per heavy atom. The zero-order valence-corrected chi connectivity index (χ0v) is 13.2. The first kappa shape index (κ1) is 14.5.